The molecular weight excluding hydrogens is 186 g/mol. The molecule has 1 heterocycles. The van der Waals surface area contributed by atoms with Gasteiger partial charge in [0.05, 0.1) is 18.2 Å². The zero-order valence-corrected chi connectivity index (χ0v) is 7.43. The summed E-state index contributed by atoms with van der Waals surface area (Å²) in [5.41, 5.74) is 6.01. The fourth-order valence-electron chi connectivity index (χ4n) is 1.43. The standard InChI is InChI=1S/C9H11NO4/c10-5(3-11)8-6(12)1-2-7-9(8)14-4-13-7/h1-2,5,11-12H,3-4,10H2. The van der Waals surface area contributed by atoms with Crippen LogP contribution in [0.25, 0.3) is 0 Å². The van der Waals surface area contributed by atoms with Crippen LogP contribution in [0.15, 0.2) is 12.1 Å². The average Bonchev–Trinajstić information content (AvgIpc) is 2.64. The van der Waals surface area contributed by atoms with Gasteiger partial charge < -0.3 is 25.4 Å². The summed E-state index contributed by atoms with van der Waals surface area (Å²) in [7, 11) is 0. The van der Waals surface area contributed by atoms with Crippen molar-refractivity contribution in [1.29, 1.82) is 0 Å². The molecule has 2 rings (SSSR count). The van der Waals surface area contributed by atoms with E-state index in [2.05, 4.69) is 0 Å². The summed E-state index contributed by atoms with van der Waals surface area (Å²) in [5.74, 6) is 0.976. The molecule has 5 heteroatoms. The van der Waals surface area contributed by atoms with Gasteiger partial charge in [0.1, 0.15) is 5.75 Å². The maximum atomic E-state index is 9.55. The van der Waals surface area contributed by atoms with E-state index in [4.69, 9.17) is 20.3 Å². The van der Waals surface area contributed by atoms with E-state index >= 15 is 0 Å². The van der Waals surface area contributed by atoms with Crippen LogP contribution in [-0.2, 0) is 0 Å². The van der Waals surface area contributed by atoms with Gasteiger partial charge in [0, 0.05) is 0 Å². The highest BCUT2D eigenvalue weighted by atomic mass is 16.7. The summed E-state index contributed by atoms with van der Waals surface area (Å²) in [6.45, 7) is -0.142. The normalized spacial score (nSPS) is 15.6. The zero-order chi connectivity index (χ0) is 10.1. The Bertz CT molecular complexity index is 353. The van der Waals surface area contributed by atoms with Crippen molar-refractivity contribution in [1.82, 2.24) is 0 Å². The van der Waals surface area contributed by atoms with E-state index in [1.54, 1.807) is 6.07 Å². The number of nitrogens with two attached hydrogens (primary N) is 1. The number of hydrogen-bond donors (Lipinski definition) is 3. The number of phenolic OH excluding ortho intramolecular Hbond substituents is 1. The van der Waals surface area contributed by atoms with E-state index in [-0.39, 0.29) is 19.1 Å². The van der Waals surface area contributed by atoms with Crippen molar-refractivity contribution in [2.45, 2.75) is 6.04 Å². The van der Waals surface area contributed by atoms with Gasteiger partial charge in [0.25, 0.3) is 0 Å². The molecule has 1 aromatic rings. The first kappa shape index (κ1) is 9.11. The predicted molar refractivity (Wildman–Crippen MR) is 48.2 cm³/mol. The predicted octanol–water partition coefficient (Wildman–Crippen LogP) is 0.113. The van der Waals surface area contributed by atoms with E-state index < -0.39 is 6.04 Å². The molecular formula is C9H11NO4. The number of hydrogen-bond acceptors (Lipinski definition) is 5. The van der Waals surface area contributed by atoms with Gasteiger partial charge in [-0.2, -0.15) is 0 Å². The molecule has 1 unspecified atom stereocenters. The molecule has 0 bridgehead atoms. The Kier molecular flexibility index (Phi) is 2.18. The van der Waals surface area contributed by atoms with Crippen LogP contribution in [0.5, 0.6) is 17.2 Å². The van der Waals surface area contributed by atoms with Crippen molar-refractivity contribution in [2.24, 2.45) is 5.73 Å². The lowest BCUT2D eigenvalue weighted by Gasteiger charge is -2.12. The van der Waals surface area contributed by atoms with Crippen molar-refractivity contribution in [3.8, 4) is 17.2 Å². The van der Waals surface area contributed by atoms with Crippen LogP contribution in [0.4, 0.5) is 0 Å². The molecule has 0 fully saturated rings. The number of aromatic hydroxyl groups is 1. The lowest BCUT2D eigenvalue weighted by molar-refractivity contribution is 0.171. The second-order valence-corrected chi connectivity index (χ2v) is 3.02. The van der Waals surface area contributed by atoms with Gasteiger partial charge in [-0.1, -0.05) is 0 Å². The van der Waals surface area contributed by atoms with E-state index in [1.807, 2.05) is 0 Å². The maximum absolute atomic E-state index is 9.55. The number of benzene rings is 1. The van der Waals surface area contributed by atoms with Crippen LogP contribution in [-0.4, -0.2) is 23.6 Å². The first-order valence-electron chi connectivity index (χ1n) is 4.22. The van der Waals surface area contributed by atoms with Crippen LogP contribution in [0, 0.1) is 0 Å². The molecule has 0 aliphatic carbocycles. The van der Waals surface area contributed by atoms with Crippen molar-refractivity contribution < 1.29 is 19.7 Å². The van der Waals surface area contributed by atoms with Gasteiger partial charge in [0.2, 0.25) is 6.79 Å². The molecule has 0 saturated carbocycles. The van der Waals surface area contributed by atoms with Gasteiger partial charge in [0.15, 0.2) is 11.5 Å². The third kappa shape index (κ3) is 1.26. The quantitative estimate of drug-likeness (QED) is 0.626. The molecule has 1 aliphatic heterocycles. The number of rotatable bonds is 2. The maximum Gasteiger partial charge on any atom is 0.231 e. The van der Waals surface area contributed by atoms with E-state index in [0.717, 1.165) is 0 Å². The third-order valence-electron chi connectivity index (χ3n) is 2.12. The van der Waals surface area contributed by atoms with Crippen molar-refractivity contribution >= 4 is 0 Å². The average molecular weight is 197 g/mol. The van der Waals surface area contributed by atoms with Crippen molar-refractivity contribution in [2.75, 3.05) is 13.4 Å². The number of aliphatic hydroxyl groups is 1. The van der Waals surface area contributed by atoms with Gasteiger partial charge in [-0.05, 0) is 12.1 Å². The highest BCUT2D eigenvalue weighted by Gasteiger charge is 2.24. The molecule has 0 spiro atoms. The topological polar surface area (TPSA) is 84.9 Å². The van der Waals surface area contributed by atoms with Crippen molar-refractivity contribution in [3.05, 3.63) is 17.7 Å². The lowest BCUT2D eigenvalue weighted by Crippen LogP contribution is -2.15. The fourth-order valence-corrected chi connectivity index (χ4v) is 1.43. The molecule has 14 heavy (non-hydrogen) atoms. The number of ether oxygens (including phenoxy) is 2. The summed E-state index contributed by atoms with van der Waals surface area (Å²) in [6.07, 6.45) is 0. The minimum absolute atomic E-state index is 0.0100. The highest BCUT2D eigenvalue weighted by molar-refractivity contribution is 5.55. The second kappa shape index (κ2) is 3.36. The Morgan fingerprint density at radius 3 is 2.93 bits per heavy atom. The summed E-state index contributed by atoms with van der Waals surface area (Å²) in [6, 6.07) is 2.41. The minimum Gasteiger partial charge on any atom is -0.507 e. The van der Waals surface area contributed by atoms with Crippen LogP contribution < -0.4 is 15.2 Å². The van der Waals surface area contributed by atoms with Crippen LogP contribution in [0.1, 0.15) is 11.6 Å². The molecule has 0 saturated heterocycles. The van der Waals surface area contributed by atoms with Crippen LogP contribution in [0.3, 0.4) is 0 Å². The number of fused-ring (bicyclic) bond motifs is 1. The van der Waals surface area contributed by atoms with Crippen molar-refractivity contribution in [3.63, 3.8) is 0 Å². The molecule has 0 aromatic heterocycles. The third-order valence-corrected chi connectivity index (χ3v) is 2.12. The Hall–Kier alpha value is -1.46. The summed E-state index contributed by atoms with van der Waals surface area (Å²) >= 11 is 0. The second-order valence-electron chi connectivity index (χ2n) is 3.02. The van der Waals surface area contributed by atoms with Crippen LogP contribution in [0.2, 0.25) is 0 Å². The molecule has 5 nitrogen and oxygen atoms in total. The van der Waals surface area contributed by atoms with Gasteiger partial charge in [-0.25, -0.2) is 0 Å². The Balaban J connectivity index is 2.51. The Morgan fingerprint density at radius 1 is 1.43 bits per heavy atom. The fraction of sp³-hybridized carbons (Fsp3) is 0.333. The molecule has 0 amide bonds. The smallest absolute Gasteiger partial charge is 0.231 e. The molecule has 4 N–H and O–H groups in total. The zero-order valence-electron chi connectivity index (χ0n) is 7.43. The molecule has 0 radical (unpaired) electrons. The summed E-state index contributed by atoms with van der Waals surface area (Å²) in [4.78, 5) is 0. The lowest BCUT2D eigenvalue weighted by atomic mass is 10.1. The Labute approximate surface area is 80.7 Å². The van der Waals surface area contributed by atoms with Gasteiger partial charge >= 0.3 is 0 Å². The number of phenols is 1. The van der Waals surface area contributed by atoms with Gasteiger partial charge in [-0.3, -0.25) is 0 Å². The van der Waals surface area contributed by atoms with E-state index in [0.29, 0.717) is 17.1 Å². The first-order chi connectivity index (χ1) is 6.74. The minimum atomic E-state index is -0.661. The van der Waals surface area contributed by atoms with E-state index in [1.165, 1.54) is 6.07 Å². The molecule has 1 aromatic carbocycles. The molecule has 1 aliphatic rings. The molecule has 76 valence electrons. The Morgan fingerprint density at radius 2 is 2.21 bits per heavy atom. The van der Waals surface area contributed by atoms with Gasteiger partial charge in [-0.15, -0.1) is 0 Å². The first-order valence-corrected chi connectivity index (χ1v) is 4.22. The monoisotopic (exact) mass is 197 g/mol. The van der Waals surface area contributed by atoms with Crippen LogP contribution >= 0.6 is 0 Å². The summed E-state index contributed by atoms with van der Waals surface area (Å²) < 4.78 is 10.3. The largest absolute Gasteiger partial charge is 0.507 e. The SMILES string of the molecule is NC(CO)c1c(O)ccc2c1OCO2. The molecule has 1 atom stereocenters. The number of aliphatic hydroxyl groups excluding tert-OH is 1. The highest BCUT2D eigenvalue weighted by Crippen LogP contribution is 2.42. The van der Waals surface area contributed by atoms with E-state index in [9.17, 15) is 5.11 Å². The summed E-state index contributed by atoms with van der Waals surface area (Å²) in [5, 5.41) is 18.5.